The molecule has 0 radical (unpaired) electrons. The lowest BCUT2D eigenvalue weighted by Crippen LogP contribution is -2.12. The number of nitrogens with one attached hydrogen (secondary N) is 1. The molecule has 20 heavy (non-hydrogen) atoms. The van der Waals surface area contributed by atoms with Gasteiger partial charge in [0.2, 0.25) is 0 Å². The number of carbonyl (C=O) groups is 2. The molecule has 2 aromatic rings. The maximum absolute atomic E-state index is 11.9. The van der Waals surface area contributed by atoms with Crippen LogP contribution in [0.2, 0.25) is 0 Å². The number of rotatable bonds is 4. The van der Waals surface area contributed by atoms with E-state index in [1.807, 2.05) is 0 Å². The molecule has 0 spiro atoms. The highest BCUT2D eigenvalue weighted by molar-refractivity contribution is 7.17. The molecule has 10 heteroatoms. The predicted molar refractivity (Wildman–Crippen MR) is 72.7 cm³/mol. The average molecular weight is 313 g/mol. The van der Waals surface area contributed by atoms with Gasteiger partial charge in [0.1, 0.15) is 10.6 Å². The molecule has 2 N–H and O–H groups in total. The summed E-state index contributed by atoms with van der Waals surface area (Å²) >= 11 is 1.56. The zero-order valence-corrected chi connectivity index (χ0v) is 11.6. The highest BCUT2D eigenvalue weighted by atomic mass is 32.1. The van der Waals surface area contributed by atoms with Gasteiger partial charge in [0.15, 0.2) is 0 Å². The fourth-order valence-corrected chi connectivity index (χ4v) is 2.92. The fraction of sp³-hybridized carbons (Fsp3) is 0.100. The number of hydrogen-bond donors (Lipinski definition) is 2. The van der Waals surface area contributed by atoms with E-state index >= 15 is 0 Å². The number of anilines is 1. The molecule has 0 aliphatic rings. The second-order valence-electron chi connectivity index (χ2n) is 3.63. The molecule has 0 aromatic carbocycles. The first kappa shape index (κ1) is 14.1. The Morgan fingerprint density at radius 1 is 1.45 bits per heavy atom. The van der Waals surface area contributed by atoms with E-state index in [4.69, 9.17) is 5.11 Å². The Bertz CT molecular complexity index is 706. The third-order valence-corrected chi connectivity index (χ3v) is 4.19. The Balaban J connectivity index is 2.23. The number of thiophene rings is 1. The second-order valence-corrected chi connectivity index (χ2v) is 5.46. The monoisotopic (exact) mass is 313 g/mol. The van der Waals surface area contributed by atoms with Crippen LogP contribution in [0.25, 0.3) is 0 Å². The molecule has 2 aromatic heterocycles. The molecule has 104 valence electrons. The summed E-state index contributed by atoms with van der Waals surface area (Å²) in [6.07, 6.45) is 0. The normalized spacial score (nSPS) is 10.2. The number of carboxylic acids is 1. The topological polar surface area (TPSA) is 122 Å². The molecular weight excluding hydrogens is 306 g/mol. The molecule has 0 fully saturated rings. The zero-order valence-electron chi connectivity index (χ0n) is 9.95. The third kappa shape index (κ3) is 2.65. The van der Waals surface area contributed by atoms with E-state index in [9.17, 15) is 19.7 Å². The lowest BCUT2D eigenvalue weighted by molar-refractivity contribution is -0.380. The van der Waals surface area contributed by atoms with Gasteiger partial charge in [-0.3, -0.25) is 14.9 Å². The van der Waals surface area contributed by atoms with Crippen LogP contribution in [0.3, 0.4) is 0 Å². The summed E-state index contributed by atoms with van der Waals surface area (Å²) in [4.78, 5) is 33.0. The molecule has 0 aliphatic heterocycles. The van der Waals surface area contributed by atoms with E-state index in [1.165, 1.54) is 19.1 Å². The summed E-state index contributed by atoms with van der Waals surface area (Å²) in [6.45, 7) is 1.52. The van der Waals surface area contributed by atoms with Gasteiger partial charge in [-0.25, -0.2) is 4.79 Å². The molecule has 0 bridgehead atoms. The van der Waals surface area contributed by atoms with Crippen LogP contribution >= 0.6 is 22.9 Å². The summed E-state index contributed by atoms with van der Waals surface area (Å²) in [5.41, 5.74) is 0.226. The van der Waals surface area contributed by atoms with Gasteiger partial charge < -0.3 is 10.4 Å². The maximum Gasteiger partial charge on any atom is 0.340 e. The first-order chi connectivity index (χ1) is 9.40. The Morgan fingerprint density at radius 2 is 2.15 bits per heavy atom. The number of hydrogen-bond acceptors (Lipinski definition) is 7. The number of aromatic nitrogens is 1. The van der Waals surface area contributed by atoms with Gasteiger partial charge in [0.25, 0.3) is 5.91 Å². The molecule has 0 atom stereocenters. The average Bonchev–Trinajstić information content (AvgIpc) is 2.96. The summed E-state index contributed by atoms with van der Waals surface area (Å²) < 4.78 is 3.86. The first-order valence-electron chi connectivity index (χ1n) is 5.15. The van der Waals surface area contributed by atoms with Gasteiger partial charge in [-0.2, -0.15) is 4.37 Å². The highest BCUT2D eigenvalue weighted by Crippen LogP contribution is 2.28. The Morgan fingerprint density at radius 3 is 2.70 bits per heavy atom. The van der Waals surface area contributed by atoms with Crippen LogP contribution in [-0.4, -0.2) is 26.3 Å². The van der Waals surface area contributed by atoms with Crippen LogP contribution in [0.1, 0.15) is 25.7 Å². The van der Waals surface area contributed by atoms with Crippen molar-refractivity contribution in [2.75, 3.05) is 5.32 Å². The van der Waals surface area contributed by atoms with Crippen LogP contribution in [0, 0.1) is 17.0 Å². The fourth-order valence-electron chi connectivity index (χ4n) is 1.42. The molecule has 0 aliphatic carbocycles. The smallest absolute Gasteiger partial charge is 0.340 e. The number of aryl methyl sites for hydroxylation is 1. The molecular formula is C10H7N3O5S2. The number of nitro groups is 1. The molecule has 2 heterocycles. The highest BCUT2D eigenvalue weighted by Gasteiger charge is 2.21. The summed E-state index contributed by atoms with van der Waals surface area (Å²) in [5, 5.41) is 21.9. The minimum atomic E-state index is -1.19. The molecule has 8 nitrogen and oxygen atoms in total. The van der Waals surface area contributed by atoms with E-state index in [0.717, 1.165) is 11.5 Å². The van der Waals surface area contributed by atoms with Crippen LogP contribution in [-0.2, 0) is 0 Å². The predicted octanol–water partition coefficient (Wildman–Crippen LogP) is 2.37. The zero-order chi connectivity index (χ0) is 14.9. The van der Waals surface area contributed by atoms with Crippen molar-refractivity contribution in [1.29, 1.82) is 0 Å². The lowest BCUT2D eigenvalue weighted by atomic mass is 10.2. The minimum Gasteiger partial charge on any atom is -0.478 e. The third-order valence-electron chi connectivity index (χ3n) is 2.30. The van der Waals surface area contributed by atoms with Crippen molar-refractivity contribution in [2.45, 2.75) is 6.92 Å². The van der Waals surface area contributed by atoms with Gasteiger partial charge in [-0.1, -0.05) is 11.3 Å². The molecule has 1 amide bonds. The van der Waals surface area contributed by atoms with Crippen LogP contribution in [0.4, 0.5) is 10.0 Å². The van der Waals surface area contributed by atoms with Crippen molar-refractivity contribution in [3.05, 3.63) is 38.4 Å². The summed E-state index contributed by atoms with van der Waals surface area (Å²) in [6, 6.07) is 2.53. The van der Waals surface area contributed by atoms with Crippen LogP contribution in [0.15, 0.2) is 12.1 Å². The molecule has 2 rings (SSSR count). The van der Waals surface area contributed by atoms with E-state index < -0.39 is 16.8 Å². The Hall–Kier alpha value is -2.33. The van der Waals surface area contributed by atoms with Gasteiger partial charge in [0, 0.05) is 6.07 Å². The van der Waals surface area contributed by atoms with Crippen molar-refractivity contribution < 1.29 is 19.6 Å². The molecule has 0 saturated heterocycles. The summed E-state index contributed by atoms with van der Waals surface area (Å²) in [5.74, 6) is -1.79. The largest absolute Gasteiger partial charge is 0.478 e. The van der Waals surface area contributed by atoms with E-state index in [-0.39, 0.29) is 20.4 Å². The number of carbonyl (C=O) groups excluding carboxylic acids is 1. The molecule has 0 saturated carbocycles. The minimum absolute atomic E-state index is 0.0746. The van der Waals surface area contributed by atoms with Crippen LogP contribution < -0.4 is 5.32 Å². The Labute approximate surface area is 120 Å². The van der Waals surface area contributed by atoms with Crippen molar-refractivity contribution >= 4 is 44.7 Å². The van der Waals surface area contributed by atoms with Gasteiger partial charge in [-0.15, -0.1) is 0 Å². The van der Waals surface area contributed by atoms with E-state index in [0.29, 0.717) is 17.0 Å². The standard InChI is InChI=1S/C10H7N3O5S2/c1-4-7(10(15)16)9(20-12-4)11-8(14)5-2-3-6(19-5)13(17)18/h2-3H,1H3,(H,11,14)(H,15,16). The van der Waals surface area contributed by atoms with Gasteiger partial charge in [-0.05, 0) is 24.5 Å². The van der Waals surface area contributed by atoms with Crippen molar-refractivity contribution in [2.24, 2.45) is 0 Å². The van der Waals surface area contributed by atoms with Crippen molar-refractivity contribution in [1.82, 2.24) is 4.37 Å². The van der Waals surface area contributed by atoms with Crippen molar-refractivity contribution in [3.8, 4) is 0 Å². The number of amides is 1. The molecule has 0 unspecified atom stereocenters. The van der Waals surface area contributed by atoms with Gasteiger partial charge in [0.05, 0.1) is 15.5 Å². The van der Waals surface area contributed by atoms with E-state index in [1.54, 1.807) is 0 Å². The number of aromatic carboxylic acids is 1. The number of nitrogens with zero attached hydrogens (tertiary/aromatic N) is 2. The second kappa shape index (κ2) is 5.35. The SMILES string of the molecule is Cc1nsc(NC(=O)c2ccc([N+](=O)[O-])s2)c1C(=O)O. The Kier molecular flexibility index (Phi) is 3.77. The summed E-state index contributed by atoms with van der Waals surface area (Å²) in [7, 11) is 0. The quantitative estimate of drug-likeness (QED) is 0.660. The number of carboxylic acid groups (broad SMARTS) is 1. The maximum atomic E-state index is 11.9. The van der Waals surface area contributed by atoms with Crippen molar-refractivity contribution in [3.63, 3.8) is 0 Å². The first-order valence-corrected chi connectivity index (χ1v) is 6.74. The van der Waals surface area contributed by atoms with E-state index in [2.05, 4.69) is 9.69 Å². The van der Waals surface area contributed by atoms with Crippen LogP contribution in [0.5, 0.6) is 0 Å². The van der Waals surface area contributed by atoms with Gasteiger partial charge >= 0.3 is 11.0 Å². The lowest BCUT2D eigenvalue weighted by Gasteiger charge is -2.01.